The molecule has 1 aliphatic rings. The Kier molecular flexibility index (Phi) is 5.24. The van der Waals surface area contributed by atoms with Crippen LogP contribution in [0.3, 0.4) is 0 Å². The molecule has 1 aromatic heterocycles. The van der Waals surface area contributed by atoms with Crippen molar-refractivity contribution in [1.82, 2.24) is 9.13 Å². The van der Waals surface area contributed by atoms with Gasteiger partial charge in [-0.15, -0.1) is 5.10 Å². The fourth-order valence-corrected chi connectivity index (χ4v) is 4.14. The van der Waals surface area contributed by atoms with Gasteiger partial charge in [0.1, 0.15) is 0 Å². The van der Waals surface area contributed by atoms with Crippen LogP contribution in [0.4, 0.5) is 17.1 Å². The lowest BCUT2D eigenvalue weighted by Crippen LogP contribution is -2.31. The molecule has 154 valence electrons. The van der Waals surface area contributed by atoms with Crippen molar-refractivity contribution < 1.29 is 5.11 Å². The minimum atomic E-state index is 0.211. The zero-order valence-electron chi connectivity index (χ0n) is 17.6. The van der Waals surface area contributed by atoms with Crippen LogP contribution in [0.5, 0.6) is 0 Å². The van der Waals surface area contributed by atoms with Crippen molar-refractivity contribution in [3.63, 3.8) is 0 Å². The van der Waals surface area contributed by atoms with Crippen molar-refractivity contribution in [2.75, 3.05) is 42.5 Å². The molecule has 7 nitrogen and oxygen atoms in total. The van der Waals surface area contributed by atoms with Crippen LogP contribution >= 0.6 is 0 Å². The van der Waals surface area contributed by atoms with Crippen LogP contribution in [0.1, 0.15) is 12.8 Å². The maximum absolute atomic E-state index is 9.55. The van der Waals surface area contributed by atoms with E-state index in [1.165, 1.54) is 0 Å². The first-order valence-corrected chi connectivity index (χ1v) is 10.1. The molecule has 1 unspecified atom stereocenters. The van der Waals surface area contributed by atoms with Crippen LogP contribution < -0.4 is 20.8 Å². The van der Waals surface area contributed by atoms with Gasteiger partial charge in [-0.1, -0.05) is 0 Å². The van der Waals surface area contributed by atoms with Crippen molar-refractivity contribution in [3.8, 4) is 0 Å². The molecule has 1 fully saturated rings. The number of nitrogens with one attached hydrogen (secondary N) is 1. The Morgan fingerprint density at radius 2 is 1.79 bits per heavy atom. The second-order valence-corrected chi connectivity index (χ2v) is 7.93. The Morgan fingerprint density at radius 1 is 1.07 bits per heavy atom. The van der Waals surface area contributed by atoms with Gasteiger partial charge in [-0.2, -0.15) is 0 Å². The van der Waals surface area contributed by atoms with Gasteiger partial charge in [-0.05, 0) is 55.3 Å². The number of aliphatic hydroxyl groups excluding tert-OH is 1. The summed E-state index contributed by atoms with van der Waals surface area (Å²) < 4.78 is 4.19. The van der Waals surface area contributed by atoms with Crippen LogP contribution in [0.2, 0.25) is 0 Å². The van der Waals surface area contributed by atoms with Gasteiger partial charge in [0, 0.05) is 46.1 Å². The van der Waals surface area contributed by atoms with E-state index in [4.69, 9.17) is 0 Å². The summed E-state index contributed by atoms with van der Waals surface area (Å²) in [5.41, 5.74) is 9.56. The SMILES string of the molecule is CN(C)c1ccc2c(c1)n(C)c(=NNc1ccc(N3CCCC3CO)cc1)n2C. The van der Waals surface area contributed by atoms with Crippen LogP contribution in [0, 0.1) is 0 Å². The van der Waals surface area contributed by atoms with E-state index in [0.717, 1.165) is 53.1 Å². The lowest BCUT2D eigenvalue weighted by molar-refractivity contribution is 0.266. The smallest absolute Gasteiger partial charge is 0.227 e. The molecule has 2 aromatic carbocycles. The molecule has 1 atom stereocenters. The van der Waals surface area contributed by atoms with Gasteiger partial charge in [0.25, 0.3) is 0 Å². The van der Waals surface area contributed by atoms with E-state index in [9.17, 15) is 5.11 Å². The van der Waals surface area contributed by atoms with Crippen LogP contribution in [0.25, 0.3) is 11.0 Å². The predicted molar refractivity (Wildman–Crippen MR) is 119 cm³/mol. The van der Waals surface area contributed by atoms with E-state index in [2.05, 4.69) is 59.8 Å². The van der Waals surface area contributed by atoms with E-state index < -0.39 is 0 Å². The van der Waals surface area contributed by atoms with Crippen LogP contribution in [-0.4, -0.2) is 47.5 Å². The van der Waals surface area contributed by atoms with E-state index in [1.54, 1.807) is 0 Å². The van der Waals surface area contributed by atoms with Gasteiger partial charge < -0.3 is 24.0 Å². The third kappa shape index (κ3) is 3.58. The number of aliphatic hydroxyl groups is 1. The number of rotatable bonds is 5. The number of nitrogens with zero attached hydrogens (tertiary/aromatic N) is 5. The second-order valence-electron chi connectivity index (χ2n) is 7.93. The van der Waals surface area contributed by atoms with E-state index in [1.807, 2.05) is 40.3 Å². The summed E-state index contributed by atoms with van der Waals surface area (Å²) in [5.74, 6) is 0. The van der Waals surface area contributed by atoms with E-state index >= 15 is 0 Å². The lowest BCUT2D eigenvalue weighted by atomic mass is 10.2. The van der Waals surface area contributed by atoms with Crippen molar-refractivity contribution in [1.29, 1.82) is 0 Å². The highest BCUT2D eigenvalue weighted by Gasteiger charge is 2.23. The number of aryl methyl sites for hydroxylation is 2. The summed E-state index contributed by atoms with van der Waals surface area (Å²) in [6.45, 7) is 1.21. The molecule has 0 aliphatic carbocycles. The average Bonchev–Trinajstić information content (AvgIpc) is 3.30. The first-order chi connectivity index (χ1) is 14.0. The molecule has 3 aromatic rings. The van der Waals surface area contributed by atoms with Crippen molar-refractivity contribution in [2.24, 2.45) is 19.2 Å². The molecule has 1 saturated heterocycles. The molecule has 7 heteroatoms. The Hall–Kier alpha value is -2.93. The molecule has 0 amide bonds. The van der Waals surface area contributed by atoms with Gasteiger partial charge in [-0.25, -0.2) is 0 Å². The topological polar surface area (TPSA) is 61.0 Å². The lowest BCUT2D eigenvalue weighted by Gasteiger charge is -2.25. The molecule has 0 saturated carbocycles. The largest absolute Gasteiger partial charge is 0.394 e. The third-order valence-electron chi connectivity index (χ3n) is 5.87. The molecule has 0 radical (unpaired) electrons. The minimum Gasteiger partial charge on any atom is -0.394 e. The fraction of sp³-hybridized carbons (Fsp3) is 0.409. The molecular weight excluding hydrogens is 364 g/mol. The molecule has 4 rings (SSSR count). The number of imidazole rings is 1. The number of aromatic nitrogens is 2. The third-order valence-corrected chi connectivity index (χ3v) is 5.87. The molecule has 2 N–H and O–H groups in total. The number of hydrogen-bond acceptors (Lipinski definition) is 5. The summed E-state index contributed by atoms with van der Waals surface area (Å²) in [6, 6.07) is 14.9. The maximum atomic E-state index is 9.55. The zero-order valence-corrected chi connectivity index (χ0v) is 17.6. The molecular formula is C22H30N6O. The number of anilines is 3. The van der Waals surface area contributed by atoms with Gasteiger partial charge in [0.2, 0.25) is 5.62 Å². The van der Waals surface area contributed by atoms with Crippen molar-refractivity contribution in [2.45, 2.75) is 18.9 Å². The maximum Gasteiger partial charge on any atom is 0.227 e. The summed E-state index contributed by atoms with van der Waals surface area (Å²) in [6.07, 6.45) is 2.19. The summed E-state index contributed by atoms with van der Waals surface area (Å²) >= 11 is 0. The van der Waals surface area contributed by atoms with Crippen molar-refractivity contribution >= 4 is 28.1 Å². The molecule has 0 spiro atoms. The van der Waals surface area contributed by atoms with Gasteiger partial charge in [-0.3, -0.25) is 5.43 Å². The zero-order chi connectivity index (χ0) is 20.5. The van der Waals surface area contributed by atoms with E-state index in [0.29, 0.717) is 0 Å². The Balaban J connectivity index is 1.60. The normalized spacial score (nSPS) is 17.3. The van der Waals surface area contributed by atoms with Crippen molar-refractivity contribution in [3.05, 3.63) is 48.1 Å². The summed E-state index contributed by atoms with van der Waals surface area (Å²) in [4.78, 5) is 4.39. The molecule has 29 heavy (non-hydrogen) atoms. The van der Waals surface area contributed by atoms with Crippen LogP contribution in [0.15, 0.2) is 47.6 Å². The highest BCUT2D eigenvalue weighted by Crippen LogP contribution is 2.26. The highest BCUT2D eigenvalue weighted by molar-refractivity contribution is 5.80. The number of hydrogen-bond donors (Lipinski definition) is 2. The molecule has 1 aliphatic heterocycles. The second kappa shape index (κ2) is 7.83. The molecule has 2 heterocycles. The highest BCUT2D eigenvalue weighted by atomic mass is 16.3. The fourth-order valence-electron chi connectivity index (χ4n) is 4.14. The summed E-state index contributed by atoms with van der Waals surface area (Å²) in [7, 11) is 8.16. The Labute approximate surface area is 171 Å². The predicted octanol–water partition coefficient (Wildman–Crippen LogP) is 2.47. The molecule has 0 bridgehead atoms. The number of benzene rings is 2. The Bertz CT molecular complexity index is 1060. The summed E-state index contributed by atoms with van der Waals surface area (Å²) in [5, 5.41) is 14.2. The number of fused-ring (bicyclic) bond motifs is 1. The van der Waals surface area contributed by atoms with Gasteiger partial charge >= 0.3 is 0 Å². The standard InChI is InChI=1S/C22H30N6O/c1-25(2)18-11-12-20-21(14-18)27(4)22(26(20)3)24-23-16-7-9-17(10-8-16)28-13-5-6-19(28)15-29/h7-12,14,19,23,29H,5-6,13,15H2,1-4H3. The Morgan fingerprint density at radius 3 is 2.48 bits per heavy atom. The van der Waals surface area contributed by atoms with Crippen LogP contribution in [-0.2, 0) is 14.1 Å². The van der Waals surface area contributed by atoms with E-state index in [-0.39, 0.29) is 12.6 Å². The minimum absolute atomic E-state index is 0.211. The first kappa shape index (κ1) is 19.4. The van der Waals surface area contributed by atoms with Gasteiger partial charge in [0.15, 0.2) is 0 Å². The first-order valence-electron chi connectivity index (χ1n) is 10.1. The average molecular weight is 395 g/mol. The quantitative estimate of drug-likeness (QED) is 0.653. The monoisotopic (exact) mass is 394 g/mol. The van der Waals surface area contributed by atoms with Gasteiger partial charge in [0.05, 0.1) is 29.4 Å².